The minimum Gasteiger partial charge on any atom is -0.463 e. The zero-order chi connectivity index (χ0) is 32.7. The first-order valence-corrected chi connectivity index (χ1v) is 15.6. The molecule has 12 nitrogen and oxygen atoms in total. The van der Waals surface area contributed by atoms with E-state index in [1.165, 1.54) is 6.07 Å². The summed E-state index contributed by atoms with van der Waals surface area (Å²) in [6.07, 6.45) is 5.53. The van der Waals surface area contributed by atoms with E-state index >= 15 is 0 Å². The van der Waals surface area contributed by atoms with Gasteiger partial charge in [0.2, 0.25) is 0 Å². The summed E-state index contributed by atoms with van der Waals surface area (Å²) in [6, 6.07) is 4.68. The fraction of sp³-hybridized carbons (Fsp3) is 0.485. The van der Waals surface area contributed by atoms with E-state index in [2.05, 4.69) is 20.2 Å². The molecule has 2 aliphatic rings. The third-order valence-corrected chi connectivity index (χ3v) is 8.17. The number of imidazole rings is 1. The minimum absolute atomic E-state index is 0.148. The lowest BCUT2D eigenvalue weighted by Crippen LogP contribution is -2.59. The highest BCUT2D eigenvalue weighted by molar-refractivity contribution is 6.13. The molecule has 0 bridgehead atoms. The Balaban J connectivity index is 1.32. The molecule has 2 fully saturated rings. The van der Waals surface area contributed by atoms with Crippen molar-refractivity contribution in [2.24, 2.45) is 5.92 Å². The summed E-state index contributed by atoms with van der Waals surface area (Å²) in [5.74, 6) is -0.763. The van der Waals surface area contributed by atoms with Gasteiger partial charge in [-0.3, -0.25) is 9.69 Å². The quantitative estimate of drug-likeness (QED) is 0.304. The largest absolute Gasteiger partial charge is 0.463 e. The zero-order valence-corrected chi connectivity index (χ0v) is 27.0. The Kier molecular flexibility index (Phi) is 8.45. The van der Waals surface area contributed by atoms with Gasteiger partial charge in [0.15, 0.2) is 11.5 Å². The number of pyridine rings is 1. The van der Waals surface area contributed by atoms with Crippen LogP contribution in [0.4, 0.5) is 20.6 Å². The van der Waals surface area contributed by atoms with Crippen LogP contribution in [0.15, 0.2) is 36.8 Å². The summed E-state index contributed by atoms with van der Waals surface area (Å²) in [7, 11) is 0. The molecule has 0 aliphatic carbocycles. The highest BCUT2D eigenvalue weighted by Crippen LogP contribution is 2.33. The second-order valence-electron chi connectivity index (χ2n) is 13.2. The van der Waals surface area contributed by atoms with Crippen LogP contribution in [-0.4, -0.2) is 86.8 Å². The average molecular weight is 634 g/mol. The van der Waals surface area contributed by atoms with E-state index in [0.717, 1.165) is 12.1 Å². The van der Waals surface area contributed by atoms with Crippen LogP contribution in [0.25, 0.3) is 16.6 Å². The van der Waals surface area contributed by atoms with Crippen molar-refractivity contribution >= 4 is 39.9 Å². The van der Waals surface area contributed by atoms with Crippen molar-refractivity contribution < 1.29 is 28.2 Å². The molecule has 2 saturated heterocycles. The molecule has 4 aromatic rings. The van der Waals surface area contributed by atoms with Crippen LogP contribution in [0.2, 0.25) is 0 Å². The first-order chi connectivity index (χ1) is 21.9. The SMILES string of the molecule is Cc1cn2cc(NC(=O)c3ccc(N4C[C@@H](C)N(C(=O)OC(C)(C)C)[C@@H](C)C4)c4cnc(OCC5CCOC5)nc34)cc(F)c2n1. The Bertz CT molecular complexity index is 1770. The van der Waals surface area contributed by atoms with Crippen molar-refractivity contribution in [3.8, 4) is 6.01 Å². The second-order valence-corrected chi connectivity index (χ2v) is 13.2. The van der Waals surface area contributed by atoms with Crippen LogP contribution in [0.1, 0.15) is 57.1 Å². The Morgan fingerprint density at radius 3 is 2.59 bits per heavy atom. The van der Waals surface area contributed by atoms with E-state index in [1.54, 1.807) is 40.9 Å². The molecule has 2 amide bonds. The second kappa shape index (κ2) is 12.3. The number of piperazine rings is 1. The van der Waals surface area contributed by atoms with Gasteiger partial charge in [-0.15, -0.1) is 0 Å². The van der Waals surface area contributed by atoms with Crippen molar-refractivity contribution in [1.82, 2.24) is 24.3 Å². The number of fused-ring (bicyclic) bond motifs is 2. The van der Waals surface area contributed by atoms with E-state index in [0.29, 0.717) is 49.5 Å². The number of rotatable bonds is 6. The number of nitrogens with zero attached hydrogens (tertiary/aromatic N) is 6. The molecule has 3 aromatic heterocycles. The van der Waals surface area contributed by atoms with Crippen LogP contribution < -0.4 is 15.0 Å². The topological polar surface area (TPSA) is 123 Å². The van der Waals surface area contributed by atoms with Crippen LogP contribution in [0, 0.1) is 18.7 Å². The predicted molar refractivity (Wildman–Crippen MR) is 171 cm³/mol. The summed E-state index contributed by atoms with van der Waals surface area (Å²) in [6.45, 7) is 14.1. The van der Waals surface area contributed by atoms with Crippen LogP contribution in [-0.2, 0) is 9.47 Å². The summed E-state index contributed by atoms with van der Waals surface area (Å²) in [5, 5.41) is 3.48. The third kappa shape index (κ3) is 6.55. The molecular formula is C33H40FN7O5. The summed E-state index contributed by atoms with van der Waals surface area (Å²) >= 11 is 0. The monoisotopic (exact) mass is 633 g/mol. The molecule has 0 spiro atoms. The molecule has 1 N–H and O–H groups in total. The number of hydrogen-bond donors (Lipinski definition) is 1. The number of aromatic nitrogens is 4. The highest BCUT2D eigenvalue weighted by Gasteiger charge is 2.36. The Labute approximate surface area is 266 Å². The molecule has 5 heterocycles. The lowest BCUT2D eigenvalue weighted by molar-refractivity contribution is 0.00566. The highest BCUT2D eigenvalue weighted by atomic mass is 19.1. The minimum atomic E-state index is -0.600. The standard InChI is InChI=1S/C33H40FN7O5/c1-19-13-40-16-23(11-26(34)29(40)36-19)37-30(42)24-7-8-27(25-12-35-31(38-28(24)25)45-18-22-9-10-44-17-22)39-14-20(2)41(21(3)15-39)32(43)46-33(4,5)6/h7-8,11-13,16,20-22H,9-10,14-15,17-18H2,1-6H3,(H,37,42)/t20-,21+,22?. The molecule has 2 aliphatic heterocycles. The number of aryl methyl sites for hydroxylation is 1. The maximum atomic E-state index is 14.8. The van der Waals surface area contributed by atoms with Crippen molar-refractivity contribution in [3.63, 3.8) is 0 Å². The van der Waals surface area contributed by atoms with Gasteiger partial charge in [0.1, 0.15) is 5.60 Å². The Morgan fingerprint density at radius 2 is 1.89 bits per heavy atom. The number of nitrogens with one attached hydrogen (secondary N) is 1. The number of amides is 2. The van der Waals surface area contributed by atoms with Gasteiger partial charge in [-0.2, -0.15) is 4.98 Å². The number of carbonyl (C=O) groups is 2. The van der Waals surface area contributed by atoms with Crippen molar-refractivity contribution in [3.05, 3.63) is 53.9 Å². The predicted octanol–water partition coefficient (Wildman–Crippen LogP) is 5.23. The first kappa shape index (κ1) is 31.5. The van der Waals surface area contributed by atoms with Crippen LogP contribution >= 0.6 is 0 Å². The van der Waals surface area contributed by atoms with E-state index < -0.39 is 17.3 Å². The number of ether oxygens (including phenoxy) is 3. The maximum absolute atomic E-state index is 14.8. The number of hydrogen-bond acceptors (Lipinski definition) is 9. The molecule has 46 heavy (non-hydrogen) atoms. The van der Waals surface area contributed by atoms with Crippen molar-refractivity contribution in [2.75, 3.05) is 43.1 Å². The molecular weight excluding hydrogens is 593 g/mol. The van der Waals surface area contributed by atoms with Gasteiger partial charge < -0.3 is 28.8 Å². The van der Waals surface area contributed by atoms with Crippen LogP contribution in [0.3, 0.4) is 0 Å². The third-order valence-electron chi connectivity index (χ3n) is 8.17. The Hall–Kier alpha value is -4.52. The summed E-state index contributed by atoms with van der Waals surface area (Å²) < 4.78 is 33.4. The van der Waals surface area contributed by atoms with Crippen molar-refractivity contribution in [2.45, 2.75) is 65.6 Å². The fourth-order valence-electron chi connectivity index (χ4n) is 6.17. The number of anilines is 2. The normalized spacial score (nSPS) is 20.4. The van der Waals surface area contributed by atoms with E-state index in [1.807, 2.05) is 40.7 Å². The summed E-state index contributed by atoms with van der Waals surface area (Å²) in [4.78, 5) is 44.1. The molecule has 1 aromatic carbocycles. The smallest absolute Gasteiger partial charge is 0.410 e. The maximum Gasteiger partial charge on any atom is 0.410 e. The molecule has 0 radical (unpaired) electrons. The molecule has 0 saturated carbocycles. The van der Waals surface area contributed by atoms with Gasteiger partial charge in [-0.1, -0.05) is 0 Å². The molecule has 6 rings (SSSR count). The molecule has 244 valence electrons. The van der Waals surface area contributed by atoms with Crippen molar-refractivity contribution in [1.29, 1.82) is 0 Å². The van der Waals surface area contributed by atoms with Gasteiger partial charge in [0, 0.05) is 61.3 Å². The van der Waals surface area contributed by atoms with E-state index in [-0.39, 0.29) is 47.0 Å². The molecule has 13 heteroatoms. The first-order valence-electron chi connectivity index (χ1n) is 15.6. The van der Waals surface area contributed by atoms with Gasteiger partial charge in [0.25, 0.3) is 5.91 Å². The van der Waals surface area contributed by atoms with Gasteiger partial charge in [-0.05, 0) is 60.1 Å². The average Bonchev–Trinajstić information content (AvgIpc) is 3.63. The number of halogens is 1. The zero-order valence-electron chi connectivity index (χ0n) is 27.0. The molecule has 1 unspecified atom stereocenters. The Morgan fingerprint density at radius 1 is 1.13 bits per heavy atom. The van der Waals surface area contributed by atoms with Gasteiger partial charge in [0.05, 0.1) is 47.8 Å². The van der Waals surface area contributed by atoms with E-state index in [9.17, 15) is 14.0 Å². The van der Waals surface area contributed by atoms with Gasteiger partial charge in [-0.25, -0.2) is 19.2 Å². The molecule has 3 atom stereocenters. The number of carbonyl (C=O) groups excluding carboxylic acids is 2. The summed E-state index contributed by atoms with van der Waals surface area (Å²) in [5.41, 5.74) is 2.03. The fourth-order valence-corrected chi connectivity index (χ4v) is 6.17. The van der Waals surface area contributed by atoms with Crippen LogP contribution in [0.5, 0.6) is 6.01 Å². The van der Waals surface area contributed by atoms with Gasteiger partial charge >= 0.3 is 12.1 Å². The number of benzene rings is 1. The lowest BCUT2D eigenvalue weighted by Gasteiger charge is -2.45. The lowest BCUT2D eigenvalue weighted by atomic mass is 10.0. The van der Waals surface area contributed by atoms with E-state index in [4.69, 9.17) is 19.2 Å².